The average Bonchev–Trinajstić information content (AvgIpc) is 2.58. The van der Waals surface area contributed by atoms with Crippen LogP contribution >= 0.6 is 0 Å². The summed E-state index contributed by atoms with van der Waals surface area (Å²) in [7, 11) is 0. The highest BCUT2D eigenvalue weighted by Crippen LogP contribution is 2.41. The molecule has 0 bridgehead atoms. The highest BCUT2D eigenvalue weighted by Gasteiger charge is 2.40. The van der Waals surface area contributed by atoms with E-state index in [0.717, 1.165) is 22.5 Å². The molecule has 0 N–H and O–H groups in total. The maximum atomic E-state index is 12.2. The number of hydroxylamine groups is 1. The molecule has 0 aliphatic rings. The largest absolute Gasteiger partial charge is 0.390 e. The Morgan fingerprint density at radius 1 is 1.00 bits per heavy atom. The summed E-state index contributed by atoms with van der Waals surface area (Å²) in [5.74, 6) is -0.432. The normalized spacial score (nSPS) is 11.2. The lowest BCUT2D eigenvalue weighted by Gasteiger charge is -2.34. The molecule has 3 heteroatoms. The third-order valence-electron chi connectivity index (χ3n) is 4.79. The van der Waals surface area contributed by atoms with Crippen LogP contribution in [0.2, 0.25) is 0 Å². The van der Waals surface area contributed by atoms with E-state index in [1.165, 1.54) is 17.2 Å². The maximum Gasteiger partial charge on any atom is 0.390 e. The van der Waals surface area contributed by atoms with E-state index < -0.39 is 5.97 Å². The van der Waals surface area contributed by atoms with E-state index in [9.17, 15) is 4.79 Å². The van der Waals surface area contributed by atoms with Crippen LogP contribution in [0.25, 0.3) is 0 Å². The number of nitrogens with zero attached hydrogens (tertiary/aromatic N) is 1. The summed E-state index contributed by atoms with van der Waals surface area (Å²) < 4.78 is 0.0336. The van der Waals surface area contributed by atoms with E-state index >= 15 is 0 Å². The predicted molar refractivity (Wildman–Crippen MR) is 100 cm³/mol. The van der Waals surface area contributed by atoms with Crippen LogP contribution < -0.4 is 4.65 Å². The van der Waals surface area contributed by atoms with E-state index in [1.54, 1.807) is 0 Å². The smallest absolute Gasteiger partial charge is 0.261 e. The lowest BCUT2D eigenvalue weighted by atomic mass is 10.0. The van der Waals surface area contributed by atoms with Gasteiger partial charge in [-0.25, -0.2) is 4.79 Å². The molecule has 0 aromatic heterocycles. The summed E-state index contributed by atoms with van der Waals surface area (Å²) in [6.07, 6.45) is 1.22. The number of aryl methyl sites for hydroxylation is 2. The third kappa shape index (κ3) is 3.00. The summed E-state index contributed by atoms with van der Waals surface area (Å²) >= 11 is 0. The molecular weight excluding hydrogens is 298 g/mol. The average molecular weight is 324 g/mol. The number of benzene rings is 2. The highest BCUT2D eigenvalue weighted by molar-refractivity contribution is 5.83. The Morgan fingerprint density at radius 3 is 1.83 bits per heavy atom. The minimum Gasteiger partial charge on any atom is -0.261 e. The number of rotatable bonds is 5. The predicted octanol–water partition coefficient (Wildman–Crippen LogP) is 5.22. The first-order valence-electron chi connectivity index (χ1n) is 8.25. The van der Waals surface area contributed by atoms with E-state index in [-0.39, 0.29) is 4.65 Å². The van der Waals surface area contributed by atoms with Crippen molar-refractivity contribution < 1.29 is 9.63 Å². The molecule has 0 heterocycles. The Hall–Kier alpha value is -2.39. The van der Waals surface area contributed by atoms with Gasteiger partial charge in [-0.1, -0.05) is 35.5 Å². The first-order valence-corrected chi connectivity index (χ1v) is 8.25. The molecule has 2 aromatic rings. The van der Waals surface area contributed by atoms with Crippen LogP contribution in [0.5, 0.6) is 0 Å². The fraction of sp³-hybridized carbons (Fsp3) is 0.286. The zero-order chi connectivity index (χ0) is 17.9. The monoisotopic (exact) mass is 324 g/mol. The van der Waals surface area contributed by atoms with Crippen molar-refractivity contribution in [2.45, 2.75) is 34.6 Å². The molecule has 0 saturated carbocycles. The van der Waals surface area contributed by atoms with Gasteiger partial charge in [-0.2, -0.15) is 0 Å². The zero-order valence-electron chi connectivity index (χ0n) is 15.2. The SMILES string of the molecule is C=CC(=O)O[N+](CC)(c1cccc(C)c1C)c1cccc(C)c1C. The molecule has 0 amide bonds. The Morgan fingerprint density at radius 2 is 1.46 bits per heavy atom. The molecule has 0 radical (unpaired) electrons. The highest BCUT2D eigenvalue weighted by atomic mass is 16.7. The zero-order valence-corrected chi connectivity index (χ0v) is 15.2. The summed E-state index contributed by atoms with van der Waals surface area (Å²) in [5.41, 5.74) is 6.53. The molecule has 0 aliphatic carbocycles. The van der Waals surface area contributed by atoms with Crippen molar-refractivity contribution in [3.8, 4) is 0 Å². The molecule has 0 saturated heterocycles. The molecule has 126 valence electrons. The number of hydrogen-bond acceptors (Lipinski definition) is 2. The van der Waals surface area contributed by atoms with Crippen LogP contribution in [0, 0.1) is 27.7 Å². The van der Waals surface area contributed by atoms with Gasteiger partial charge in [0, 0.05) is 29.3 Å². The summed E-state index contributed by atoms with van der Waals surface area (Å²) in [6, 6.07) is 12.2. The Balaban J connectivity index is 2.83. The van der Waals surface area contributed by atoms with Crippen LogP contribution in [0.4, 0.5) is 11.4 Å². The number of carbonyl (C=O) groups excluding carboxylic acids is 1. The second-order valence-corrected chi connectivity index (χ2v) is 6.11. The summed E-state index contributed by atoms with van der Waals surface area (Å²) in [6.45, 7) is 14.5. The van der Waals surface area contributed by atoms with Gasteiger partial charge in [-0.05, 0) is 45.7 Å². The second kappa shape index (κ2) is 7.02. The molecule has 0 unspecified atom stereocenters. The molecule has 0 spiro atoms. The van der Waals surface area contributed by atoms with E-state index in [0.29, 0.717) is 6.54 Å². The standard InChI is InChI=1S/C21H26NO2/c1-7-21(23)24-22(8-2,19-13-9-11-15(3)17(19)5)20-14-10-12-16(4)18(20)6/h7,9-14H,1,8H2,2-6H3/q+1. The molecule has 2 aromatic carbocycles. The fourth-order valence-electron chi connectivity index (χ4n) is 3.08. The quantitative estimate of drug-likeness (QED) is 0.428. The summed E-state index contributed by atoms with van der Waals surface area (Å²) in [5, 5.41) is 0. The molecule has 3 nitrogen and oxygen atoms in total. The first-order chi connectivity index (χ1) is 11.4. The van der Waals surface area contributed by atoms with Gasteiger partial charge < -0.3 is 0 Å². The third-order valence-corrected chi connectivity index (χ3v) is 4.79. The van der Waals surface area contributed by atoms with Gasteiger partial charge in [0.1, 0.15) is 6.54 Å². The second-order valence-electron chi connectivity index (χ2n) is 6.11. The molecule has 0 fully saturated rings. The minimum absolute atomic E-state index is 0.0336. The Kier molecular flexibility index (Phi) is 5.25. The topological polar surface area (TPSA) is 26.3 Å². The Labute approximate surface area is 144 Å². The van der Waals surface area contributed by atoms with Crippen LogP contribution in [0.1, 0.15) is 29.2 Å². The van der Waals surface area contributed by atoms with Crippen molar-refractivity contribution in [2.24, 2.45) is 0 Å². The van der Waals surface area contributed by atoms with E-state index in [2.05, 4.69) is 46.4 Å². The number of quaternary nitrogens is 1. The molecule has 0 atom stereocenters. The Bertz CT molecular complexity index is 726. The summed E-state index contributed by atoms with van der Waals surface area (Å²) in [4.78, 5) is 18.1. The van der Waals surface area contributed by atoms with Gasteiger partial charge in [0.05, 0.1) is 0 Å². The van der Waals surface area contributed by atoms with Gasteiger partial charge >= 0.3 is 5.97 Å². The van der Waals surface area contributed by atoms with Gasteiger partial charge in [0.2, 0.25) is 0 Å². The van der Waals surface area contributed by atoms with Crippen molar-refractivity contribution in [3.05, 3.63) is 71.3 Å². The van der Waals surface area contributed by atoms with Crippen molar-refractivity contribution in [3.63, 3.8) is 0 Å². The minimum atomic E-state index is -0.432. The van der Waals surface area contributed by atoms with Crippen molar-refractivity contribution in [2.75, 3.05) is 6.54 Å². The van der Waals surface area contributed by atoms with Crippen LogP contribution in [0.3, 0.4) is 0 Å². The first kappa shape index (κ1) is 18.0. The van der Waals surface area contributed by atoms with Crippen molar-refractivity contribution in [1.82, 2.24) is 4.65 Å². The van der Waals surface area contributed by atoms with Gasteiger partial charge in [0.15, 0.2) is 11.4 Å². The molecule has 2 rings (SSSR count). The number of carbonyl (C=O) groups is 1. The fourth-order valence-corrected chi connectivity index (χ4v) is 3.08. The van der Waals surface area contributed by atoms with Gasteiger partial charge in [-0.3, -0.25) is 4.84 Å². The van der Waals surface area contributed by atoms with E-state index in [1.807, 2.05) is 31.2 Å². The van der Waals surface area contributed by atoms with Crippen molar-refractivity contribution >= 4 is 17.3 Å². The van der Waals surface area contributed by atoms with Crippen LogP contribution in [0.15, 0.2) is 49.1 Å². The van der Waals surface area contributed by atoms with Crippen LogP contribution in [-0.2, 0) is 9.63 Å². The lowest BCUT2D eigenvalue weighted by molar-refractivity contribution is -0.166. The number of hydrogen-bond donors (Lipinski definition) is 0. The van der Waals surface area contributed by atoms with Gasteiger partial charge in [-0.15, -0.1) is 0 Å². The van der Waals surface area contributed by atoms with E-state index in [4.69, 9.17) is 4.84 Å². The molecule has 0 aliphatic heterocycles. The van der Waals surface area contributed by atoms with Crippen LogP contribution in [-0.4, -0.2) is 12.5 Å². The maximum absolute atomic E-state index is 12.2. The lowest BCUT2D eigenvalue weighted by Crippen LogP contribution is -2.46. The van der Waals surface area contributed by atoms with Crippen molar-refractivity contribution in [1.29, 1.82) is 0 Å². The molecular formula is C21H26NO2+. The molecule has 24 heavy (non-hydrogen) atoms. The van der Waals surface area contributed by atoms with Gasteiger partial charge in [0.25, 0.3) is 0 Å².